The summed E-state index contributed by atoms with van der Waals surface area (Å²) in [5.74, 6) is 1.49. The maximum Gasteiger partial charge on any atom is 0.324 e. The molecular weight excluding hydrogens is 350 g/mol. The number of piperidine rings is 1. The lowest BCUT2D eigenvalue weighted by molar-refractivity contribution is 0.187. The number of para-hydroxylation sites is 1. The third-order valence-corrected chi connectivity index (χ3v) is 5.41. The van der Waals surface area contributed by atoms with Gasteiger partial charge >= 0.3 is 6.03 Å². The van der Waals surface area contributed by atoms with E-state index in [0.717, 1.165) is 44.0 Å². The van der Waals surface area contributed by atoms with Gasteiger partial charge in [0.15, 0.2) is 0 Å². The summed E-state index contributed by atoms with van der Waals surface area (Å²) in [5, 5.41) is 0. The van der Waals surface area contributed by atoms with Gasteiger partial charge < -0.3 is 9.47 Å². The molecule has 144 valence electrons. The average molecular weight is 375 g/mol. The first kappa shape index (κ1) is 18.2. The van der Waals surface area contributed by atoms with Gasteiger partial charge in [0.05, 0.1) is 0 Å². The standard InChI is InChI=1S/C22H25N5O/c1-25(20-5-3-2-4-6-20)22(28)26-14-9-19(10-15-26)21-24-13-16-27(21)17-18-7-11-23-12-8-18/h2-8,11-13,16,19H,9-10,14-15,17H2,1H3. The molecule has 3 heterocycles. The number of hydrogen-bond donors (Lipinski definition) is 0. The van der Waals surface area contributed by atoms with Crippen LogP contribution in [-0.4, -0.2) is 45.6 Å². The molecular formula is C22H25N5O. The normalized spacial score (nSPS) is 14.8. The van der Waals surface area contributed by atoms with E-state index >= 15 is 0 Å². The molecule has 3 aromatic rings. The minimum Gasteiger partial charge on any atom is -0.330 e. The molecule has 0 aliphatic carbocycles. The van der Waals surface area contributed by atoms with Crippen molar-refractivity contribution in [1.82, 2.24) is 19.4 Å². The zero-order valence-electron chi connectivity index (χ0n) is 16.1. The highest BCUT2D eigenvalue weighted by molar-refractivity contribution is 5.91. The Hall–Kier alpha value is -3.15. The Kier molecular flexibility index (Phi) is 5.37. The van der Waals surface area contributed by atoms with Crippen LogP contribution in [0.25, 0.3) is 0 Å². The van der Waals surface area contributed by atoms with Gasteiger partial charge in [0.25, 0.3) is 0 Å². The van der Waals surface area contributed by atoms with Crippen molar-refractivity contribution in [3.8, 4) is 0 Å². The summed E-state index contributed by atoms with van der Waals surface area (Å²) in [4.78, 5) is 25.2. The minimum absolute atomic E-state index is 0.0600. The fourth-order valence-electron chi connectivity index (χ4n) is 3.80. The topological polar surface area (TPSA) is 54.3 Å². The number of nitrogens with zero attached hydrogens (tertiary/aromatic N) is 5. The number of carbonyl (C=O) groups is 1. The number of amides is 2. The Labute approximate surface area is 165 Å². The lowest BCUT2D eigenvalue weighted by Crippen LogP contribution is -2.45. The third-order valence-electron chi connectivity index (χ3n) is 5.41. The molecule has 28 heavy (non-hydrogen) atoms. The molecule has 0 N–H and O–H groups in total. The first-order valence-corrected chi connectivity index (χ1v) is 9.70. The summed E-state index contributed by atoms with van der Waals surface area (Å²) in [6, 6.07) is 13.9. The summed E-state index contributed by atoms with van der Waals surface area (Å²) in [6.45, 7) is 2.30. The molecule has 1 saturated heterocycles. The molecule has 0 spiro atoms. The fourth-order valence-corrected chi connectivity index (χ4v) is 3.80. The molecule has 2 amide bonds. The maximum absolute atomic E-state index is 12.8. The summed E-state index contributed by atoms with van der Waals surface area (Å²) >= 11 is 0. The molecule has 0 bridgehead atoms. The average Bonchev–Trinajstić information content (AvgIpc) is 3.22. The van der Waals surface area contributed by atoms with E-state index in [9.17, 15) is 4.79 Å². The van der Waals surface area contributed by atoms with Crippen LogP contribution in [0.15, 0.2) is 67.3 Å². The van der Waals surface area contributed by atoms with Gasteiger partial charge in [0.2, 0.25) is 0 Å². The summed E-state index contributed by atoms with van der Waals surface area (Å²) < 4.78 is 2.22. The van der Waals surface area contributed by atoms with Gasteiger partial charge in [-0.3, -0.25) is 9.88 Å². The van der Waals surface area contributed by atoms with Crippen LogP contribution < -0.4 is 4.90 Å². The van der Waals surface area contributed by atoms with Gasteiger partial charge in [0, 0.05) is 63.1 Å². The molecule has 1 aliphatic heterocycles. The number of carbonyl (C=O) groups excluding carboxylic acids is 1. The van der Waals surface area contributed by atoms with E-state index in [-0.39, 0.29) is 6.03 Å². The zero-order chi connectivity index (χ0) is 19.3. The van der Waals surface area contributed by atoms with Crippen LogP contribution in [0.3, 0.4) is 0 Å². The van der Waals surface area contributed by atoms with Crippen LogP contribution in [0.5, 0.6) is 0 Å². The Balaban J connectivity index is 1.38. The number of hydrogen-bond acceptors (Lipinski definition) is 3. The molecule has 6 heteroatoms. The molecule has 0 unspecified atom stereocenters. The van der Waals surface area contributed by atoms with Crippen molar-refractivity contribution in [3.63, 3.8) is 0 Å². The predicted octanol–water partition coefficient (Wildman–Crippen LogP) is 3.76. The van der Waals surface area contributed by atoms with Gasteiger partial charge in [-0.25, -0.2) is 9.78 Å². The number of urea groups is 1. The molecule has 1 aromatic carbocycles. The quantitative estimate of drug-likeness (QED) is 0.698. The Morgan fingerprint density at radius 2 is 1.79 bits per heavy atom. The van der Waals surface area contributed by atoms with Gasteiger partial charge in [-0.2, -0.15) is 0 Å². The first-order valence-electron chi connectivity index (χ1n) is 9.70. The first-order chi connectivity index (χ1) is 13.7. The Bertz CT molecular complexity index is 901. The largest absolute Gasteiger partial charge is 0.330 e. The van der Waals surface area contributed by atoms with Gasteiger partial charge in [-0.05, 0) is 42.7 Å². The number of imidazole rings is 1. The predicted molar refractivity (Wildman–Crippen MR) is 109 cm³/mol. The van der Waals surface area contributed by atoms with Crippen LogP contribution in [0.1, 0.15) is 30.1 Å². The van der Waals surface area contributed by atoms with Crippen LogP contribution >= 0.6 is 0 Å². The van der Waals surface area contributed by atoms with Crippen molar-refractivity contribution < 1.29 is 4.79 Å². The highest BCUT2D eigenvalue weighted by atomic mass is 16.2. The smallest absolute Gasteiger partial charge is 0.324 e. The number of anilines is 1. The number of benzene rings is 1. The maximum atomic E-state index is 12.8. The highest BCUT2D eigenvalue weighted by Crippen LogP contribution is 2.28. The summed E-state index contributed by atoms with van der Waals surface area (Å²) in [5.41, 5.74) is 2.13. The van der Waals surface area contributed by atoms with E-state index < -0.39 is 0 Å². The Morgan fingerprint density at radius 1 is 1.07 bits per heavy atom. The van der Waals surface area contributed by atoms with E-state index in [2.05, 4.69) is 14.5 Å². The highest BCUT2D eigenvalue weighted by Gasteiger charge is 2.28. The van der Waals surface area contributed by atoms with Crippen molar-refractivity contribution in [1.29, 1.82) is 0 Å². The molecule has 1 aliphatic rings. The minimum atomic E-state index is 0.0600. The molecule has 1 fully saturated rings. The number of aromatic nitrogens is 3. The van der Waals surface area contributed by atoms with E-state index in [1.807, 2.05) is 79.2 Å². The zero-order valence-corrected chi connectivity index (χ0v) is 16.1. The molecule has 0 atom stereocenters. The number of pyridine rings is 1. The second kappa shape index (κ2) is 8.25. The Morgan fingerprint density at radius 3 is 2.50 bits per heavy atom. The van der Waals surface area contributed by atoms with E-state index in [4.69, 9.17) is 0 Å². The lowest BCUT2D eigenvalue weighted by atomic mass is 9.96. The van der Waals surface area contributed by atoms with E-state index in [1.165, 1.54) is 5.56 Å². The van der Waals surface area contributed by atoms with Crippen LogP contribution in [-0.2, 0) is 6.54 Å². The second-order valence-electron chi connectivity index (χ2n) is 7.21. The van der Waals surface area contributed by atoms with Crippen LogP contribution in [0.2, 0.25) is 0 Å². The number of rotatable bonds is 4. The molecule has 6 nitrogen and oxygen atoms in total. The third kappa shape index (κ3) is 3.91. The van der Waals surface area contributed by atoms with Crippen molar-refractivity contribution >= 4 is 11.7 Å². The fraction of sp³-hybridized carbons (Fsp3) is 0.318. The van der Waals surface area contributed by atoms with E-state index in [1.54, 1.807) is 4.90 Å². The van der Waals surface area contributed by atoms with Crippen molar-refractivity contribution in [2.75, 3.05) is 25.0 Å². The number of likely N-dealkylation sites (tertiary alicyclic amines) is 1. The van der Waals surface area contributed by atoms with Crippen molar-refractivity contribution in [2.45, 2.75) is 25.3 Å². The summed E-state index contributed by atoms with van der Waals surface area (Å²) in [6.07, 6.45) is 9.41. The summed E-state index contributed by atoms with van der Waals surface area (Å²) in [7, 11) is 1.84. The second-order valence-corrected chi connectivity index (χ2v) is 7.21. The van der Waals surface area contributed by atoms with Gasteiger partial charge in [0.1, 0.15) is 5.82 Å². The lowest BCUT2D eigenvalue weighted by Gasteiger charge is -2.34. The van der Waals surface area contributed by atoms with E-state index in [0.29, 0.717) is 5.92 Å². The van der Waals surface area contributed by atoms with Gasteiger partial charge in [-0.15, -0.1) is 0 Å². The van der Waals surface area contributed by atoms with Crippen LogP contribution in [0.4, 0.5) is 10.5 Å². The molecule has 0 saturated carbocycles. The van der Waals surface area contributed by atoms with Crippen molar-refractivity contribution in [2.24, 2.45) is 0 Å². The monoisotopic (exact) mass is 375 g/mol. The molecule has 2 aromatic heterocycles. The van der Waals surface area contributed by atoms with Crippen LogP contribution in [0, 0.1) is 0 Å². The van der Waals surface area contributed by atoms with Crippen molar-refractivity contribution in [3.05, 3.63) is 78.6 Å². The van der Waals surface area contributed by atoms with Gasteiger partial charge in [-0.1, -0.05) is 18.2 Å². The molecule has 4 rings (SSSR count). The molecule has 0 radical (unpaired) electrons. The SMILES string of the molecule is CN(C(=O)N1CCC(c2nccn2Cc2ccncc2)CC1)c1ccccc1.